The van der Waals surface area contributed by atoms with Gasteiger partial charge in [0.05, 0.1) is 19.8 Å². The molecule has 0 fully saturated rings. The van der Waals surface area contributed by atoms with E-state index in [-0.39, 0.29) is 5.95 Å². The third-order valence-electron chi connectivity index (χ3n) is 2.37. The van der Waals surface area contributed by atoms with E-state index in [1.165, 1.54) is 4.68 Å². The smallest absolute Gasteiger partial charge is 0.241 e. The predicted molar refractivity (Wildman–Crippen MR) is 63.1 cm³/mol. The van der Waals surface area contributed by atoms with Crippen molar-refractivity contribution in [2.24, 2.45) is 0 Å². The number of benzene rings is 1. The first kappa shape index (κ1) is 11.1. The molecule has 7 nitrogen and oxygen atoms in total. The predicted octanol–water partition coefficient (Wildman–Crippen LogP) is 0.258. The van der Waals surface area contributed by atoms with Gasteiger partial charge in [0.25, 0.3) is 0 Å². The van der Waals surface area contributed by atoms with Gasteiger partial charge in [-0.15, -0.1) is 10.2 Å². The van der Waals surface area contributed by atoms with Gasteiger partial charge < -0.3 is 21.1 Å². The Morgan fingerprint density at radius 1 is 1.18 bits per heavy atom. The molecular formula is C10H13N5O2. The lowest BCUT2D eigenvalue weighted by molar-refractivity contribution is 0.356. The van der Waals surface area contributed by atoms with Crippen LogP contribution in [0.15, 0.2) is 18.2 Å². The summed E-state index contributed by atoms with van der Waals surface area (Å²) >= 11 is 0. The Morgan fingerprint density at radius 3 is 2.47 bits per heavy atom. The van der Waals surface area contributed by atoms with E-state index in [0.29, 0.717) is 22.9 Å². The molecule has 0 aliphatic heterocycles. The largest absolute Gasteiger partial charge is 0.493 e. The summed E-state index contributed by atoms with van der Waals surface area (Å²) < 4.78 is 11.7. The lowest BCUT2D eigenvalue weighted by atomic mass is 10.1. The molecule has 90 valence electrons. The summed E-state index contributed by atoms with van der Waals surface area (Å²) in [7, 11) is 3.10. The fourth-order valence-corrected chi connectivity index (χ4v) is 1.55. The molecule has 0 saturated heterocycles. The number of ether oxygens (including phenoxy) is 2. The van der Waals surface area contributed by atoms with Crippen molar-refractivity contribution in [2.75, 3.05) is 25.8 Å². The van der Waals surface area contributed by atoms with Gasteiger partial charge in [0.2, 0.25) is 5.95 Å². The summed E-state index contributed by atoms with van der Waals surface area (Å²) in [6.07, 6.45) is 0. The van der Waals surface area contributed by atoms with Gasteiger partial charge in [0.15, 0.2) is 17.3 Å². The van der Waals surface area contributed by atoms with Crippen LogP contribution in [0.5, 0.6) is 11.5 Å². The molecule has 0 radical (unpaired) electrons. The van der Waals surface area contributed by atoms with Crippen LogP contribution < -0.4 is 21.1 Å². The van der Waals surface area contributed by atoms with E-state index in [9.17, 15) is 0 Å². The molecule has 0 aliphatic carbocycles. The molecule has 0 bridgehead atoms. The molecule has 0 unspecified atom stereocenters. The minimum Gasteiger partial charge on any atom is -0.493 e. The van der Waals surface area contributed by atoms with Crippen LogP contribution in [-0.4, -0.2) is 29.1 Å². The van der Waals surface area contributed by atoms with Crippen molar-refractivity contribution in [2.45, 2.75) is 0 Å². The minimum atomic E-state index is 0.130. The van der Waals surface area contributed by atoms with Gasteiger partial charge in [0, 0.05) is 0 Å². The topological polar surface area (TPSA) is 101 Å². The lowest BCUT2D eigenvalue weighted by Crippen LogP contribution is -2.13. The molecule has 2 rings (SSSR count). The van der Waals surface area contributed by atoms with Crippen LogP contribution in [0.25, 0.3) is 11.4 Å². The number of hydrogen-bond acceptors (Lipinski definition) is 6. The quantitative estimate of drug-likeness (QED) is 0.740. The molecule has 17 heavy (non-hydrogen) atoms. The highest BCUT2D eigenvalue weighted by molar-refractivity contribution is 5.69. The van der Waals surface area contributed by atoms with E-state index < -0.39 is 0 Å². The van der Waals surface area contributed by atoms with Crippen molar-refractivity contribution >= 4 is 5.95 Å². The Hall–Kier alpha value is -2.44. The average molecular weight is 235 g/mol. The van der Waals surface area contributed by atoms with Crippen molar-refractivity contribution < 1.29 is 9.47 Å². The molecule has 0 atom stereocenters. The van der Waals surface area contributed by atoms with E-state index >= 15 is 0 Å². The molecule has 1 aromatic heterocycles. The average Bonchev–Trinajstić information content (AvgIpc) is 2.69. The SMILES string of the molecule is COc1cccc(-c2nnc(N)n2N)c1OC. The maximum atomic E-state index is 5.72. The van der Waals surface area contributed by atoms with Gasteiger partial charge in [0.1, 0.15) is 0 Å². The molecular weight excluding hydrogens is 222 g/mol. The Balaban J connectivity index is 2.63. The summed E-state index contributed by atoms with van der Waals surface area (Å²) in [6.45, 7) is 0. The Bertz CT molecular complexity index is 537. The third kappa shape index (κ3) is 1.71. The first-order valence-electron chi connectivity index (χ1n) is 4.86. The van der Waals surface area contributed by atoms with Crippen molar-refractivity contribution in [3.8, 4) is 22.9 Å². The monoisotopic (exact) mass is 235 g/mol. The van der Waals surface area contributed by atoms with Gasteiger partial charge in [-0.2, -0.15) is 0 Å². The number of para-hydroxylation sites is 1. The van der Waals surface area contributed by atoms with E-state index in [2.05, 4.69) is 10.2 Å². The number of aromatic nitrogens is 3. The summed E-state index contributed by atoms with van der Waals surface area (Å²) in [5.74, 6) is 7.39. The van der Waals surface area contributed by atoms with Crippen molar-refractivity contribution in [3.63, 3.8) is 0 Å². The summed E-state index contributed by atoms with van der Waals surface area (Å²) in [5.41, 5.74) is 6.20. The highest BCUT2D eigenvalue weighted by Crippen LogP contribution is 2.36. The summed E-state index contributed by atoms with van der Waals surface area (Å²) in [4.78, 5) is 0. The number of nitrogens with zero attached hydrogens (tertiary/aromatic N) is 3. The van der Waals surface area contributed by atoms with Crippen LogP contribution in [-0.2, 0) is 0 Å². The van der Waals surface area contributed by atoms with Crippen LogP contribution in [0.1, 0.15) is 0 Å². The van der Waals surface area contributed by atoms with Gasteiger partial charge in [-0.3, -0.25) is 0 Å². The maximum Gasteiger partial charge on any atom is 0.241 e. The number of methoxy groups -OCH3 is 2. The molecule has 4 N–H and O–H groups in total. The molecule has 0 spiro atoms. The van der Waals surface area contributed by atoms with Crippen molar-refractivity contribution in [1.82, 2.24) is 14.9 Å². The number of rotatable bonds is 3. The van der Waals surface area contributed by atoms with Crippen molar-refractivity contribution in [3.05, 3.63) is 18.2 Å². The van der Waals surface area contributed by atoms with Crippen LogP contribution >= 0.6 is 0 Å². The zero-order valence-corrected chi connectivity index (χ0v) is 9.54. The zero-order valence-electron chi connectivity index (χ0n) is 9.54. The second-order valence-electron chi connectivity index (χ2n) is 3.29. The normalized spacial score (nSPS) is 10.2. The van der Waals surface area contributed by atoms with Crippen LogP contribution in [0, 0.1) is 0 Å². The second kappa shape index (κ2) is 4.20. The van der Waals surface area contributed by atoms with Gasteiger partial charge in [-0.05, 0) is 12.1 Å². The lowest BCUT2D eigenvalue weighted by Gasteiger charge is -2.11. The van der Waals surface area contributed by atoms with E-state index in [0.717, 1.165) is 0 Å². The molecule has 0 aliphatic rings. The third-order valence-corrected chi connectivity index (χ3v) is 2.37. The fraction of sp³-hybridized carbons (Fsp3) is 0.200. The minimum absolute atomic E-state index is 0.130. The maximum absolute atomic E-state index is 5.72. The fourth-order valence-electron chi connectivity index (χ4n) is 1.55. The summed E-state index contributed by atoms with van der Waals surface area (Å²) in [6, 6.07) is 5.39. The molecule has 0 amide bonds. The molecule has 0 saturated carbocycles. The number of hydrogen-bond donors (Lipinski definition) is 2. The zero-order chi connectivity index (χ0) is 12.4. The Kier molecular flexibility index (Phi) is 2.73. The number of nitrogen functional groups attached to an aromatic ring is 2. The van der Waals surface area contributed by atoms with Crippen molar-refractivity contribution in [1.29, 1.82) is 0 Å². The highest BCUT2D eigenvalue weighted by Gasteiger charge is 2.17. The van der Waals surface area contributed by atoms with E-state index in [1.54, 1.807) is 26.4 Å². The first-order chi connectivity index (χ1) is 8.19. The van der Waals surface area contributed by atoms with Gasteiger partial charge in [-0.25, -0.2) is 4.68 Å². The number of nitrogens with two attached hydrogens (primary N) is 2. The van der Waals surface area contributed by atoms with Crippen LogP contribution in [0.3, 0.4) is 0 Å². The first-order valence-corrected chi connectivity index (χ1v) is 4.86. The standard InChI is InChI=1S/C10H13N5O2/c1-16-7-5-3-4-6(8(7)17-2)9-13-14-10(11)15(9)12/h3-5H,12H2,1-2H3,(H2,11,14). The van der Waals surface area contributed by atoms with E-state index in [1.807, 2.05) is 6.07 Å². The Morgan fingerprint density at radius 2 is 1.94 bits per heavy atom. The highest BCUT2D eigenvalue weighted by atomic mass is 16.5. The van der Waals surface area contributed by atoms with E-state index in [4.69, 9.17) is 21.1 Å². The molecule has 2 aromatic rings. The molecule has 1 aromatic carbocycles. The van der Waals surface area contributed by atoms with Crippen LogP contribution in [0.4, 0.5) is 5.95 Å². The van der Waals surface area contributed by atoms with Gasteiger partial charge >= 0.3 is 0 Å². The van der Waals surface area contributed by atoms with Crippen LogP contribution in [0.2, 0.25) is 0 Å². The molecule has 7 heteroatoms. The Labute approximate surface area is 97.9 Å². The number of anilines is 1. The van der Waals surface area contributed by atoms with Gasteiger partial charge in [-0.1, -0.05) is 6.07 Å². The second-order valence-corrected chi connectivity index (χ2v) is 3.29. The molecule has 1 heterocycles. The summed E-state index contributed by atoms with van der Waals surface area (Å²) in [5, 5.41) is 7.59.